The van der Waals surface area contributed by atoms with Gasteiger partial charge in [-0.25, -0.2) is 8.42 Å². The van der Waals surface area contributed by atoms with Crippen LogP contribution in [0.5, 0.6) is 5.75 Å². The number of rotatable bonds is 12. The Hall–Kier alpha value is -3.82. The number of fused-ring (bicyclic) bond motifs is 1. The second-order valence-electron chi connectivity index (χ2n) is 13.1. The van der Waals surface area contributed by atoms with Crippen LogP contribution in [0.3, 0.4) is 0 Å². The number of sulfonamides is 1. The van der Waals surface area contributed by atoms with Gasteiger partial charge in [0, 0.05) is 38.3 Å². The number of methoxy groups -OCH3 is 1. The lowest BCUT2D eigenvalue weighted by Crippen LogP contribution is -2.44. The van der Waals surface area contributed by atoms with Crippen molar-refractivity contribution in [3.05, 3.63) is 89.6 Å². The van der Waals surface area contributed by atoms with Crippen LogP contribution in [0, 0.1) is 19.8 Å². The number of ether oxygens (including phenoxy) is 1. The maximum Gasteiger partial charge on any atom is 0.262 e. The average Bonchev–Trinajstić information content (AvgIpc) is 3.44. The number of hydrogen-bond acceptors (Lipinski definition) is 5. The van der Waals surface area contributed by atoms with Crippen LogP contribution in [-0.2, 0) is 26.9 Å². The van der Waals surface area contributed by atoms with E-state index in [-0.39, 0.29) is 16.3 Å². The summed E-state index contributed by atoms with van der Waals surface area (Å²) in [7, 11) is 4.03. The summed E-state index contributed by atoms with van der Waals surface area (Å²) < 4.78 is 36.8. The quantitative estimate of drug-likeness (QED) is 0.180. The second-order valence-corrected chi connectivity index (χ2v) is 14.7. The van der Waals surface area contributed by atoms with Gasteiger partial charge in [0.05, 0.1) is 23.2 Å². The minimum Gasteiger partial charge on any atom is -0.497 e. The molecule has 46 heavy (non-hydrogen) atoms. The summed E-state index contributed by atoms with van der Waals surface area (Å²) in [5.74, 6) is 1.36. The molecule has 0 unspecified atom stereocenters. The normalized spacial score (nSPS) is 18.5. The number of carbonyl (C=O) groups excluding carboxylic acids is 1. The molecule has 1 N–H and O–H groups in total. The highest BCUT2D eigenvalue weighted by atomic mass is 32.2. The fourth-order valence-electron chi connectivity index (χ4n) is 7.20. The van der Waals surface area contributed by atoms with Crippen molar-refractivity contribution >= 4 is 32.5 Å². The van der Waals surface area contributed by atoms with E-state index in [1.54, 1.807) is 39.2 Å². The van der Waals surface area contributed by atoms with Crippen molar-refractivity contribution in [1.82, 2.24) is 14.4 Å². The lowest BCUT2D eigenvalue weighted by molar-refractivity contribution is -0.130. The maximum absolute atomic E-state index is 13.4. The molecule has 5 rings (SSSR count). The Morgan fingerprint density at radius 2 is 1.65 bits per heavy atom. The average molecular weight is 645 g/mol. The first-order chi connectivity index (χ1) is 21.9. The molecule has 1 saturated carbocycles. The van der Waals surface area contributed by atoms with Crippen molar-refractivity contribution in [1.29, 1.82) is 0 Å². The Morgan fingerprint density at radius 3 is 2.28 bits per heavy atom. The number of nitrogens with zero attached hydrogens (tertiary/aromatic N) is 3. The van der Waals surface area contributed by atoms with Crippen LogP contribution < -0.4 is 9.46 Å². The number of carbonyl (C=O) groups is 1. The van der Waals surface area contributed by atoms with Gasteiger partial charge in [-0.05, 0) is 118 Å². The molecule has 246 valence electrons. The number of benzene rings is 3. The fraction of sp³-hybridized carbons (Fsp3) is 0.432. The van der Waals surface area contributed by atoms with Crippen molar-refractivity contribution in [3.8, 4) is 5.75 Å². The summed E-state index contributed by atoms with van der Waals surface area (Å²) in [5.41, 5.74) is 4.08. The van der Waals surface area contributed by atoms with Crippen LogP contribution >= 0.6 is 0 Å². The van der Waals surface area contributed by atoms with E-state index >= 15 is 0 Å². The molecule has 0 aliphatic heterocycles. The largest absolute Gasteiger partial charge is 0.497 e. The molecule has 3 aromatic carbocycles. The van der Waals surface area contributed by atoms with Crippen LogP contribution in [0.1, 0.15) is 55.2 Å². The van der Waals surface area contributed by atoms with Gasteiger partial charge >= 0.3 is 0 Å². The van der Waals surface area contributed by atoms with E-state index in [0.717, 1.165) is 49.6 Å². The zero-order valence-electron chi connectivity index (χ0n) is 28.0. The highest BCUT2D eigenvalue weighted by Gasteiger charge is 2.38. The molecule has 1 fully saturated rings. The molecule has 1 heterocycles. The molecule has 4 aromatic rings. The predicted octanol–water partition coefficient (Wildman–Crippen LogP) is 6.95. The molecule has 1 aromatic heterocycles. The van der Waals surface area contributed by atoms with E-state index in [4.69, 9.17) is 4.74 Å². The maximum atomic E-state index is 13.4. The first kappa shape index (κ1) is 33.5. The Labute approximate surface area is 274 Å². The van der Waals surface area contributed by atoms with Crippen molar-refractivity contribution in [2.24, 2.45) is 5.92 Å². The Bertz CT molecular complexity index is 1750. The number of aryl methyl sites for hydroxylation is 3. The van der Waals surface area contributed by atoms with Crippen molar-refractivity contribution < 1.29 is 17.9 Å². The van der Waals surface area contributed by atoms with Crippen LogP contribution in [0.15, 0.2) is 77.8 Å². The predicted molar refractivity (Wildman–Crippen MR) is 186 cm³/mol. The molecule has 8 nitrogen and oxygen atoms in total. The molecule has 0 saturated heterocycles. The van der Waals surface area contributed by atoms with Gasteiger partial charge in [-0.3, -0.25) is 14.4 Å². The van der Waals surface area contributed by atoms with E-state index in [1.807, 2.05) is 40.9 Å². The Balaban J connectivity index is 1.16. The van der Waals surface area contributed by atoms with Gasteiger partial charge in [0.15, 0.2) is 0 Å². The van der Waals surface area contributed by atoms with Gasteiger partial charge in [0.2, 0.25) is 5.91 Å². The summed E-state index contributed by atoms with van der Waals surface area (Å²) in [6.07, 6.45) is 7.93. The summed E-state index contributed by atoms with van der Waals surface area (Å²) in [6, 6.07) is 21.8. The van der Waals surface area contributed by atoms with Crippen molar-refractivity contribution in [3.63, 3.8) is 0 Å². The Morgan fingerprint density at radius 1 is 0.978 bits per heavy atom. The minimum atomic E-state index is -3.82. The van der Waals surface area contributed by atoms with E-state index in [9.17, 15) is 13.2 Å². The van der Waals surface area contributed by atoms with E-state index in [2.05, 4.69) is 54.0 Å². The third-order valence-electron chi connectivity index (χ3n) is 9.93. The lowest BCUT2D eigenvalue weighted by Gasteiger charge is -2.46. The van der Waals surface area contributed by atoms with Gasteiger partial charge < -0.3 is 14.2 Å². The fourth-order valence-corrected chi connectivity index (χ4v) is 8.70. The molecule has 1 amide bonds. The minimum absolute atomic E-state index is 0.0894. The summed E-state index contributed by atoms with van der Waals surface area (Å²) in [4.78, 5) is 17.7. The molecule has 1 aliphatic carbocycles. The number of hydrogen-bond donors (Lipinski definition) is 1. The monoisotopic (exact) mass is 644 g/mol. The van der Waals surface area contributed by atoms with E-state index in [1.165, 1.54) is 5.56 Å². The van der Waals surface area contributed by atoms with Crippen molar-refractivity contribution in [2.75, 3.05) is 39.5 Å². The van der Waals surface area contributed by atoms with E-state index < -0.39 is 10.0 Å². The summed E-state index contributed by atoms with van der Waals surface area (Å²) >= 11 is 0. The topological polar surface area (TPSA) is 83.9 Å². The third kappa shape index (κ3) is 7.10. The molecular formula is C37H48N4O4S. The first-order valence-corrected chi connectivity index (χ1v) is 17.7. The molecule has 0 radical (unpaired) electrons. The highest BCUT2D eigenvalue weighted by molar-refractivity contribution is 7.92. The first-order valence-electron chi connectivity index (χ1n) is 16.2. The smallest absolute Gasteiger partial charge is 0.262 e. The molecule has 0 atom stereocenters. The Kier molecular flexibility index (Phi) is 10.1. The molecule has 0 spiro atoms. The summed E-state index contributed by atoms with van der Waals surface area (Å²) in [6.45, 7) is 4.81. The number of amides is 1. The van der Waals surface area contributed by atoms with Crippen LogP contribution in [0.2, 0.25) is 0 Å². The molecular weight excluding hydrogens is 596 g/mol. The zero-order valence-corrected chi connectivity index (χ0v) is 28.9. The van der Waals surface area contributed by atoms with Crippen LogP contribution in [-0.4, -0.2) is 63.5 Å². The SMILES string of the molecule is COc1cc(C)c(S(=O)(=O)Nc2ccc3ccn(CCC(=O)N(C)CCC4CCC(c5ccccc5)(N(C)C)CC4)c3c2)c(C)c1. The molecule has 9 heteroatoms. The second kappa shape index (κ2) is 13.9. The number of aromatic nitrogens is 1. The zero-order chi connectivity index (χ0) is 33.1. The third-order valence-corrected chi connectivity index (χ3v) is 11.6. The molecule has 1 aliphatic rings. The number of nitrogens with one attached hydrogen (secondary N) is 1. The molecule has 0 bridgehead atoms. The standard InChI is InChI=1S/C37H48N4O4S/c1-27-24-33(45-6)25-28(2)36(27)46(43,44)38-32-13-12-30-17-22-41(34(30)26-32)23-18-35(42)40(5)21-16-29-14-19-37(20-15-29,39(3)4)31-10-8-7-9-11-31/h7-13,17,22,24-26,29,38H,14-16,18-21,23H2,1-6H3. The summed E-state index contributed by atoms with van der Waals surface area (Å²) in [5, 5.41) is 0.988. The van der Waals surface area contributed by atoms with Gasteiger partial charge in [-0.1, -0.05) is 36.4 Å². The van der Waals surface area contributed by atoms with Crippen molar-refractivity contribution in [2.45, 2.75) is 69.4 Å². The highest BCUT2D eigenvalue weighted by Crippen LogP contribution is 2.43. The van der Waals surface area contributed by atoms with Gasteiger partial charge in [-0.15, -0.1) is 0 Å². The lowest BCUT2D eigenvalue weighted by atomic mass is 9.71. The van der Waals surface area contributed by atoms with Crippen LogP contribution in [0.4, 0.5) is 5.69 Å². The van der Waals surface area contributed by atoms with Crippen LogP contribution in [0.25, 0.3) is 10.9 Å². The van der Waals surface area contributed by atoms with Gasteiger partial charge in [0.25, 0.3) is 10.0 Å². The van der Waals surface area contributed by atoms with Gasteiger partial charge in [-0.2, -0.15) is 0 Å². The van der Waals surface area contributed by atoms with Gasteiger partial charge in [0.1, 0.15) is 5.75 Å². The van der Waals surface area contributed by atoms with E-state index in [0.29, 0.717) is 41.4 Å². The number of anilines is 1.